The van der Waals surface area contributed by atoms with Crippen molar-refractivity contribution in [2.24, 2.45) is 0 Å². The summed E-state index contributed by atoms with van der Waals surface area (Å²) in [6.45, 7) is 3.76. The van der Waals surface area contributed by atoms with Crippen molar-refractivity contribution in [1.82, 2.24) is 9.97 Å². The molecule has 1 N–H and O–H groups in total. The summed E-state index contributed by atoms with van der Waals surface area (Å²) in [6.07, 6.45) is 6.15. The van der Waals surface area contributed by atoms with E-state index in [9.17, 15) is 0 Å². The van der Waals surface area contributed by atoms with Gasteiger partial charge in [0, 0.05) is 24.4 Å². The van der Waals surface area contributed by atoms with Crippen LogP contribution < -0.4 is 5.32 Å². The van der Waals surface area contributed by atoms with Gasteiger partial charge in [-0.3, -0.25) is 0 Å². The summed E-state index contributed by atoms with van der Waals surface area (Å²) in [4.78, 5) is 9.04. The Morgan fingerprint density at radius 2 is 2.24 bits per heavy atom. The zero-order chi connectivity index (χ0) is 11.7. The zero-order valence-corrected chi connectivity index (χ0v) is 10.3. The summed E-state index contributed by atoms with van der Waals surface area (Å²) >= 11 is 0. The van der Waals surface area contributed by atoms with Gasteiger partial charge in [0.25, 0.3) is 0 Å². The summed E-state index contributed by atoms with van der Waals surface area (Å²) in [5.41, 5.74) is 2.57. The van der Waals surface area contributed by atoms with Crippen molar-refractivity contribution in [1.29, 1.82) is 0 Å². The van der Waals surface area contributed by atoms with Crippen molar-refractivity contribution >= 4 is 5.82 Å². The Morgan fingerprint density at radius 1 is 1.29 bits per heavy atom. The normalized spacial score (nSPS) is 22.8. The largest absolute Gasteiger partial charge is 0.376 e. The van der Waals surface area contributed by atoms with E-state index in [1.54, 1.807) is 0 Å². The molecule has 1 atom stereocenters. The maximum Gasteiger partial charge on any atom is 0.133 e. The third-order valence-corrected chi connectivity index (χ3v) is 3.57. The van der Waals surface area contributed by atoms with Crippen LogP contribution in [0.4, 0.5) is 5.82 Å². The quantitative estimate of drug-likeness (QED) is 0.865. The Morgan fingerprint density at radius 3 is 3.06 bits per heavy atom. The van der Waals surface area contributed by atoms with E-state index in [1.165, 1.54) is 30.5 Å². The lowest BCUT2D eigenvalue weighted by Crippen LogP contribution is -2.20. The van der Waals surface area contributed by atoms with Gasteiger partial charge in [-0.1, -0.05) is 0 Å². The van der Waals surface area contributed by atoms with E-state index >= 15 is 0 Å². The second-order valence-corrected chi connectivity index (χ2v) is 4.91. The molecule has 0 bridgehead atoms. The van der Waals surface area contributed by atoms with Gasteiger partial charge in [0.05, 0.1) is 6.10 Å². The molecule has 1 fully saturated rings. The minimum atomic E-state index is 0.363. The molecule has 92 valence electrons. The van der Waals surface area contributed by atoms with Crippen LogP contribution in [0, 0.1) is 6.92 Å². The predicted molar refractivity (Wildman–Crippen MR) is 66.3 cm³/mol. The molecule has 17 heavy (non-hydrogen) atoms. The summed E-state index contributed by atoms with van der Waals surface area (Å²) in [5.74, 6) is 1.92. The molecule has 1 aromatic heterocycles. The fourth-order valence-electron chi connectivity index (χ4n) is 2.72. The van der Waals surface area contributed by atoms with Crippen molar-refractivity contribution in [3.8, 4) is 0 Å². The first-order valence-electron chi connectivity index (χ1n) is 6.55. The topological polar surface area (TPSA) is 47.0 Å². The predicted octanol–water partition coefficient (Wildman–Crippen LogP) is 1.86. The number of nitrogens with one attached hydrogen (secondary N) is 1. The molecule has 1 saturated heterocycles. The summed E-state index contributed by atoms with van der Waals surface area (Å²) in [6, 6.07) is 0. The number of ether oxygens (including phenoxy) is 1. The van der Waals surface area contributed by atoms with Gasteiger partial charge in [-0.2, -0.15) is 0 Å². The third kappa shape index (κ3) is 2.27. The van der Waals surface area contributed by atoms with Crippen molar-refractivity contribution < 1.29 is 4.74 Å². The monoisotopic (exact) mass is 233 g/mol. The van der Waals surface area contributed by atoms with Crippen LogP contribution in [0.25, 0.3) is 0 Å². The first kappa shape index (κ1) is 11.0. The molecule has 0 radical (unpaired) electrons. The second kappa shape index (κ2) is 4.61. The van der Waals surface area contributed by atoms with E-state index in [1.807, 2.05) is 6.92 Å². The Bertz CT molecular complexity index is 413. The molecule has 0 saturated carbocycles. The van der Waals surface area contributed by atoms with Gasteiger partial charge in [-0.15, -0.1) is 0 Å². The smallest absolute Gasteiger partial charge is 0.133 e. The molecular weight excluding hydrogens is 214 g/mol. The van der Waals surface area contributed by atoms with Crippen molar-refractivity contribution in [2.45, 2.75) is 45.1 Å². The number of nitrogens with zero attached hydrogens (tertiary/aromatic N) is 2. The Hall–Kier alpha value is -1.16. The fourth-order valence-corrected chi connectivity index (χ4v) is 2.72. The number of rotatable bonds is 3. The van der Waals surface area contributed by atoms with Crippen molar-refractivity contribution in [3.63, 3.8) is 0 Å². The highest BCUT2D eigenvalue weighted by Gasteiger charge is 2.20. The lowest BCUT2D eigenvalue weighted by molar-refractivity contribution is 0.120. The molecule has 2 aliphatic rings. The molecular formula is C13H19N3O. The van der Waals surface area contributed by atoms with Crippen LogP contribution in [-0.4, -0.2) is 29.2 Å². The number of hydrogen-bond acceptors (Lipinski definition) is 4. The van der Waals surface area contributed by atoms with Gasteiger partial charge in [-0.25, -0.2) is 9.97 Å². The summed E-state index contributed by atoms with van der Waals surface area (Å²) < 4.78 is 5.62. The van der Waals surface area contributed by atoms with Gasteiger partial charge in [-0.05, 0) is 39.0 Å². The van der Waals surface area contributed by atoms with Gasteiger partial charge in [0.1, 0.15) is 11.6 Å². The van der Waals surface area contributed by atoms with Gasteiger partial charge in [0.15, 0.2) is 0 Å². The zero-order valence-electron chi connectivity index (χ0n) is 10.3. The van der Waals surface area contributed by atoms with E-state index in [0.717, 1.165) is 37.6 Å². The number of aromatic nitrogens is 2. The van der Waals surface area contributed by atoms with Crippen LogP contribution in [0.2, 0.25) is 0 Å². The number of anilines is 1. The number of hydrogen-bond donors (Lipinski definition) is 1. The fraction of sp³-hybridized carbons (Fsp3) is 0.692. The van der Waals surface area contributed by atoms with Gasteiger partial charge < -0.3 is 10.1 Å². The molecule has 2 heterocycles. The van der Waals surface area contributed by atoms with Crippen LogP contribution >= 0.6 is 0 Å². The van der Waals surface area contributed by atoms with E-state index in [-0.39, 0.29) is 0 Å². The molecule has 1 aliphatic carbocycles. The van der Waals surface area contributed by atoms with Gasteiger partial charge in [0.2, 0.25) is 0 Å². The van der Waals surface area contributed by atoms with Crippen LogP contribution in [0.1, 0.15) is 36.3 Å². The Balaban J connectivity index is 1.73. The van der Waals surface area contributed by atoms with Crippen LogP contribution in [0.15, 0.2) is 0 Å². The lowest BCUT2D eigenvalue weighted by atomic mass is 10.2. The average molecular weight is 233 g/mol. The van der Waals surface area contributed by atoms with E-state index in [2.05, 4.69) is 15.3 Å². The average Bonchev–Trinajstić information content (AvgIpc) is 2.95. The molecule has 1 aromatic rings. The molecule has 0 aromatic carbocycles. The van der Waals surface area contributed by atoms with Crippen LogP contribution in [-0.2, 0) is 17.6 Å². The maximum absolute atomic E-state index is 5.62. The molecule has 4 heteroatoms. The molecule has 0 amide bonds. The minimum Gasteiger partial charge on any atom is -0.376 e. The summed E-state index contributed by atoms with van der Waals surface area (Å²) in [7, 11) is 0. The van der Waals surface area contributed by atoms with E-state index in [4.69, 9.17) is 4.74 Å². The molecule has 0 spiro atoms. The highest BCUT2D eigenvalue weighted by atomic mass is 16.5. The van der Waals surface area contributed by atoms with E-state index in [0.29, 0.717) is 6.10 Å². The van der Waals surface area contributed by atoms with Crippen LogP contribution in [0.5, 0.6) is 0 Å². The molecule has 3 rings (SSSR count). The lowest BCUT2D eigenvalue weighted by Gasteiger charge is -2.14. The molecule has 4 nitrogen and oxygen atoms in total. The number of aryl methyl sites for hydroxylation is 2. The minimum absolute atomic E-state index is 0.363. The Labute approximate surface area is 102 Å². The Kier molecular flexibility index (Phi) is 2.97. The second-order valence-electron chi connectivity index (χ2n) is 4.91. The summed E-state index contributed by atoms with van der Waals surface area (Å²) in [5, 5.41) is 3.45. The first-order valence-corrected chi connectivity index (χ1v) is 6.55. The van der Waals surface area contributed by atoms with Crippen LogP contribution in [0.3, 0.4) is 0 Å². The number of fused-ring (bicyclic) bond motifs is 1. The molecule has 0 unspecified atom stereocenters. The standard InChI is InChI=1S/C13H19N3O/c1-9-15-12-6-2-5-11(12)13(16-9)14-8-10-4-3-7-17-10/h10H,2-8H2,1H3,(H,14,15,16)/t10-/m1/s1. The SMILES string of the molecule is Cc1nc2c(c(NC[C@H]3CCCO3)n1)CCC2. The highest BCUT2D eigenvalue weighted by molar-refractivity contribution is 5.48. The van der Waals surface area contributed by atoms with Crippen molar-refractivity contribution in [3.05, 3.63) is 17.1 Å². The first-order chi connectivity index (χ1) is 8.33. The van der Waals surface area contributed by atoms with Crippen molar-refractivity contribution in [2.75, 3.05) is 18.5 Å². The van der Waals surface area contributed by atoms with Gasteiger partial charge >= 0.3 is 0 Å². The highest BCUT2D eigenvalue weighted by Crippen LogP contribution is 2.26. The van der Waals surface area contributed by atoms with E-state index < -0.39 is 0 Å². The third-order valence-electron chi connectivity index (χ3n) is 3.57. The maximum atomic E-state index is 5.62. The molecule has 1 aliphatic heterocycles.